The molecule has 5 nitrogen and oxygen atoms in total. The molecule has 0 rings (SSSR count). The van der Waals surface area contributed by atoms with Gasteiger partial charge in [-0.05, 0) is 0 Å². The molecule has 0 bridgehead atoms. The van der Waals surface area contributed by atoms with Crippen molar-refractivity contribution in [1.29, 1.82) is 5.26 Å². The number of hydrogen-bond donors (Lipinski definition) is 1. The number of carboxylic acid groups (broad SMARTS) is 1. The van der Waals surface area contributed by atoms with Gasteiger partial charge >= 0.3 is 5.97 Å². The fourth-order valence-corrected chi connectivity index (χ4v) is 0.505. The van der Waals surface area contributed by atoms with Crippen LogP contribution in [-0.4, -0.2) is 37.5 Å². The zero-order valence-electron chi connectivity index (χ0n) is 7.15. The van der Waals surface area contributed by atoms with E-state index in [4.69, 9.17) is 15.1 Å². The van der Waals surface area contributed by atoms with Gasteiger partial charge in [-0.3, -0.25) is 0 Å². The van der Waals surface area contributed by atoms with Crippen molar-refractivity contribution in [1.82, 2.24) is 0 Å². The highest BCUT2D eigenvalue weighted by Crippen LogP contribution is 1.88. The summed E-state index contributed by atoms with van der Waals surface area (Å²) in [6.45, 7) is 3.68. The molecule has 72 valence electrons. The molecule has 0 aliphatic carbocycles. The molecule has 0 atom stereocenters. The first-order valence-electron chi connectivity index (χ1n) is 3.62. The Hall–Kier alpha value is -1.38. The van der Waals surface area contributed by atoms with E-state index in [1.165, 1.54) is 0 Å². The number of hydrogen-bond acceptors (Lipinski definition) is 4. The van der Waals surface area contributed by atoms with Crippen molar-refractivity contribution in [3.8, 4) is 6.07 Å². The molecule has 0 saturated heterocycles. The molecule has 0 spiro atoms. The van der Waals surface area contributed by atoms with Gasteiger partial charge in [-0.1, -0.05) is 6.58 Å². The summed E-state index contributed by atoms with van der Waals surface area (Å²) in [5, 5.41) is 16.4. The Morgan fingerprint density at radius 1 is 1.38 bits per heavy atom. The Bertz CT molecular complexity index is 219. The van der Waals surface area contributed by atoms with E-state index in [0.717, 1.165) is 0 Å². The summed E-state index contributed by atoms with van der Waals surface area (Å²) >= 11 is 0. The Morgan fingerprint density at radius 2 is 1.92 bits per heavy atom. The van der Waals surface area contributed by atoms with Crippen molar-refractivity contribution in [3.63, 3.8) is 0 Å². The molecule has 0 unspecified atom stereocenters. The summed E-state index contributed by atoms with van der Waals surface area (Å²) in [5.41, 5.74) is 0.332. The molecule has 0 amide bonds. The van der Waals surface area contributed by atoms with Crippen LogP contribution < -0.4 is 0 Å². The Morgan fingerprint density at radius 3 is 2.38 bits per heavy atom. The van der Waals surface area contributed by atoms with Crippen LogP contribution in [0.15, 0.2) is 12.2 Å². The van der Waals surface area contributed by atoms with Gasteiger partial charge in [0.25, 0.3) is 0 Å². The van der Waals surface area contributed by atoms with Crippen molar-refractivity contribution in [3.05, 3.63) is 12.2 Å². The molecule has 0 heterocycles. The number of carboxylic acids is 1. The number of ether oxygens (including phenoxy) is 2. The third-order valence-electron chi connectivity index (χ3n) is 1.03. The van der Waals surface area contributed by atoms with Crippen molar-refractivity contribution in [2.24, 2.45) is 0 Å². The molecule has 0 aromatic heterocycles. The fourth-order valence-electron chi connectivity index (χ4n) is 0.505. The van der Waals surface area contributed by atoms with Gasteiger partial charge in [0.05, 0.1) is 25.9 Å². The van der Waals surface area contributed by atoms with Gasteiger partial charge in [-0.15, -0.1) is 0 Å². The van der Waals surface area contributed by atoms with Crippen LogP contribution in [0.1, 0.15) is 0 Å². The van der Waals surface area contributed by atoms with Crippen LogP contribution in [0.3, 0.4) is 0 Å². The average molecular weight is 185 g/mol. The van der Waals surface area contributed by atoms with Crippen LogP contribution in [0.5, 0.6) is 0 Å². The van der Waals surface area contributed by atoms with Gasteiger partial charge in [-0.2, -0.15) is 5.26 Å². The molecule has 0 fully saturated rings. The van der Waals surface area contributed by atoms with E-state index in [1.54, 1.807) is 0 Å². The Kier molecular flexibility index (Phi) is 6.51. The lowest BCUT2D eigenvalue weighted by Crippen LogP contribution is -2.11. The monoisotopic (exact) mass is 185 g/mol. The zero-order valence-corrected chi connectivity index (χ0v) is 7.15. The topological polar surface area (TPSA) is 79.5 Å². The molecule has 0 aliphatic rings. The highest BCUT2D eigenvalue weighted by atomic mass is 16.5. The largest absolute Gasteiger partial charge is 0.480 e. The number of rotatable bonds is 7. The van der Waals surface area contributed by atoms with Crippen molar-refractivity contribution in [2.75, 3.05) is 26.4 Å². The minimum atomic E-state index is -1.01. The Balaban J connectivity index is 3.14. The first kappa shape index (κ1) is 11.6. The minimum absolute atomic E-state index is 0.160. The van der Waals surface area contributed by atoms with Crippen LogP contribution in [0.25, 0.3) is 0 Å². The molecule has 0 aliphatic heterocycles. The van der Waals surface area contributed by atoms with E-state index in [9.17, 15) is 4.79 Å². The summed E-state index contributed by atoms with van der Waals surface area (Å²) in [6, 6.07) is 1.82. The lowest BCUT2D eigenvalue weighted by atomic mass is 10.4. The third-order valence-corrected chi connectivity index (χ3v) is 1.03. The lowest BCUT2D eigenvalue weighted by Gasteiger charge is -2.02. The second-order valence-corrected chi connectivity index (χ2v) is 2.21. The quantitative estimate of drug-likeness (QED) is 0.452. The summed E-state index contributed by atoms with van der Waals surface area (Å²) in [7, 11) is 0. The molecule has 1 N–H and O–H groups in total. The summed E-state index contributed by atoms with van der Waals surface area (Å²) in [6.07, 6.45) is 0. The SMILES string of the molecule is C=C(C#N)COCCOCC(=O)O. The minimum Gasteiger partial charge on any atom is -0.480 e. The highest BCUT2D eigenvalue weighted by molar-refractivity contribution is 5.67. The predicted molar refractivity (Wildman–Crippen MR) is 44.0 cm³/mol. The highest BCUT2D eigenvalue weighted by Gasteiger charge is 1.96. The molecule has 0 aromatic rings. The zero-order chi connectivity index (χ0) is 10.1. The average Bonchev–Trinajstić information content (AvgIpc) is 2.10. The molecule has 0 radical (unpaired) electrons. The summed E-state index contributed by atoms with van der Waals surface area (Å²) < 4.78 is 9.60. The third kappa shape index (κ3) is 8.53. The van der Waals surface area contributed by atoms with Crippen molar-refractivity contribution in [2.45, 2.75) is 0 Å². The molecular formula is C8H11NO4. The summed E-state index contributed by atoms with van der Waals surface area (Å²) in [4.78, 5) is 9.96. The van der Waals surface area contributed by atoms with Crippen molar-refractivity contribution < 1.29 is 19.4 Å². The standard InChI is InChI=1S/C8H11NO4/c1-7(4-9)5-12-2-3-13-6-8(10)11/h1-3,5-6H2,(H,10,11). The molecule has 0 aromatic carbocycles. The number of nitriles is 1. The second-order valence-electron chi connectivity index (χ2n) is 2.21. The predicted octanol–water partition coefficient (Wildman–Crippen LogP) is 0.184. The second kappa shape index (κ2) is 7.28. The first-order valence-corrected chi connectivity index (χ1v) is 3.62. The van der Waals surface area contributed by atoms with E-state index in [-0.39, 0.29) is 26.4 Å². The van der Waals surface area contributed by atoms with Crippen LogP contribution >= 0.6 is 0 Å². The van der Waals surface area contributed by atoms with Gasteiger partial charge in [0.1, 0.15) is 6.61 Å². The first-order chi connectivity index (χ1) is 6.16. The smallest absolute Gasteiger partial charge is 0.329 e. The normalized spacial score (nSPS) is 9.15. The maximum atomic E-state index is 9.96. The van der Waals surface area contributed by atoms with Gasteiger partial charge in [0, 0.05) is 5.57 Å². The van der Waals surface area contributed by atoms with Gasteiger partial charge < -0.3 is 14.6 Å². The molecule has 0 saturated carbocycles. The number of nitrogens with zero attached hydrogens (tertiary/aromatic N) is 1. The van der Waals surface area contributed by atoms with E-state index in [2.05, 4.69) is 11.3 Å². The van der Waals surface area contributed by atoms with E-state index < -0.39 is 5.97 Å². The molecule has 5 heteroatoms. The number of carbonyl (C=O) groups is 1. The maximum Gasteiger partial charge on any atom is 0.329 e. The Labute approximate surface area is 76.2 Å². The van der Waals surface area contributed by atoms with Gasteiger partial charge in [-0.25, -0.2) is 4.79 Å². The van der Waals surface area contributed by atoms with Crippen LogP contribution in [0, 0.1) is 11.3 Å². The van der Waals surface area contributed by atoms with E-state index in [0.29, 0.717) is 5.57 Å². The fraction of sp³-hybridized carbons (Fsp3) is 0.500. The summed E-state index contributed by atoms with van der Waals surface area (Å²) in [5.74, 6) is -1.01. The molecular weight excluding hydrogens is 174 g/mol. The number of aliphatic carboxylic acids is 1. The van der Waals surface area contributed by atoms with Crippen LogP contribution in [-0.2, 0) is 14.3 Å². The van der Waals surface area contributed by atoms with Crippen molar-refractivity contribution >= 4 is 5.97 Å². The van der Waals surface area contributed by atoms with Crippen LogP contribution in [0.2, 0.25) is 0 Å². The van der Waals surface area contributed by atoms with E-state index >= 15 is 0 Å². The lowest BCUT2D eigenvalue weighted by molar-refractivity contribution is -0.142. The van der Waals surface area contributed by atoms with Gasteiger partial charge in [0.15, 0.2) is 0 Å². The van der Waals surface area contributed by atoms with Crippen LogP contribution in [0.4, 0.5) is 0 Å². The van der Waals surface area contributed by atoms with E-state index in [1.807, 2.05) is 6.07 Å². The van der Waals surface area contributed by atoms with Gasteiger partial charge in [0.2, 0.25) is 0 Å². The molecule has 13 heavy (non-hydrogen) atoms. The maximum absolute atomic E-state index is 9.96.